The number of thiophene rings is 1. The number of sulfonamides is 1. The van der Waals surface area contributed by atoms with E-state index in [-0.39, 0.29) is 20.8 Å². The fourth-order valence-electron chi connectivity index (χ4n) is 2.37. The first-order chi connectivity index (χ1) is 14.2. The molecule has 0 aliphatic heterocycles. The number of nitrogens with zero attached hydrogens (tertiary/aromatic N) is 1. The van der Waals surface area contributed by atoms with Gasteiger partial charge in [0.15, 0.2) is 5.76 Å². The maximum absolute atomic E-state index is 13.3. The van der Waals surface area contributed by atoms with E-state index in [9.17, 15) is 17.6 Å². The first-order valence-electron chi connectivity index (χ1n) is 8.71. The van der Waals surface area contributed by atoms with Crippen molar-refractivity contribution in [1.82, 2.24) is 5.16 Å². The molecule has 0 unspecified atom stereocenters. The number of hydrogen-bond donors (Lipinski definition) is 2. The number of nitrogens with one attached hydrogen (secondary N) is 2. The van der Waals surface area contributed by atoms with Crippen molar-refractivity contribution in [1.29, 1.82) is 0 Å². The Hall–Kier alpha value is -2.69. The minimum atomic E-state index is -3.87. The second-order valence-electron chi connectivity index (χ2n) is 6.13. The summed E-state index contributed by atoms with van der Waals surface area (Å²) < 4.78 is 46.0. The van der Waals surface area contributed by atoms with Gasteiger partial charge in [-0.2, -0.15) is 0 Å². The SMILES string of the molecule is CCC(=O)Nc1c(C)noc1/C=C/c1ccc(S(=O)(=O)Nc2ccc(F)c(Cl)c2)s1. The van der Waals surface area contributed by atoms with Crippen LogP contribution in [0.4, 0.5) is 15.8 Å². The molecule has 11 heteroatoms. The maximum Gasteiger partial charge on any atom is 0.271 e. The number of rotatable bonds is 7. The Morgan fingerprint density at radius 3 is 2.77 bits per heavy atom. The molecule has 0 radical (unpaired) electrons. The molecule has 0 fully saturated rings. The van der Waals surface area contributed by atoms with Gasteiger partial charge in [-0.15, -0.1) is 11.3 Å². The summed E-state index contributed by atoms with van der Waals surface area (Å²) in [6.07, 6.45) is 3.56. The first kappa shape index (κ1) is 22.0. The minimum Gasteiger partial charge on any atom is -0.354 e. The molecule has 0 saturated carbocycles. The lowest BCUT2D eigenvalue weighted by molar-refractivity contribution is -0.115. The lowest BCUT2D eigenvalue weighted by Gasteiger charge is -2.06. The molecule has 0 aliphatic rings. The van der Waals surface area contributed by atoms with Gasteiger partial charge in [0, 0.05) is 11.3 Å². The second kappa shape index (κ2) is 8.99. The number of aryl methyl sites for hydroxylation is 1. The molecule has 0 aliphatic carbocycles. The minimum absolute atomic E-state index is 0.0656. The smallest absolute Gasteiger partial charge is 0.271 e. The highest BCUT2D eigenvalue weighted by atomic mass is 35.5. The van der Waals surface area contributed by atoms with Crippen molar-refractivity contribution in [3.8, 4) is 0 Å². The molecule has 0 saturated heterocycles. The zero-order valence-electron chi connectivity index (χ0n) is 15.9. The summed E-state index contributed by atoms with van der Waals surface area (Å²) in [4.78, 5) is 12.3. The zero-order valence-corrected chi connectivity index (χ0v) is 18.3. The van der Waals surface area contributed by atoms with Crippen molar-refractivity contribution in [3.63, 3.8) is 0 Å². The Balaban J connectivity index is 1.78. The lowest BCUT2D eigenvalue weighted by atomic mass is 10.2. The molecule has 2 aromatic heterocycles. The van der Waals surface area contributed by atoms with Gasteiger partial charge in [0.25, 0.3) is 10.0 Å². The van der Waals surface area contributed by atoms with Gasteiger partial charge in [0.1, 0.15) is 21.4 Å². The van der Waals surface area contributed by atoms with E-state index in [4.69, 9.17) is 16.1 Å². The van der Waals surface area contributed by atoms with E-state index < -0.39 is 15.8 Å². The third kappa shape index (κ3) is 5.07. The molecule has 30 heavy (non-hydrogen) atoms. The van der Waals surface area contributed by atoms with Crippen LogP contribution in [-0.2, 0) is 14.8 Å². The Morgan fingerprint density at radius 1 is 1.30 bits per heavy atom. The fraction of sp³-hybridized carbons (Fsp3) is 0.158. The average Bonchev–Trinajstić information content (AvgIpc) is 3.31. The summed E-state index contributed by atoms with van der Waals surface area (Å²) >= 11 is 6.71. The van der Waals surface area contributed by atoms with Gasteiger partial charge < -0.3 is 9.84 Å². The third-order valence-electron chi connectivity index (χ3n) is 3.91. The van der Waals surface area contributed by atoms with Crippen LogP contribution in [0.1, 0.15) is 29.7 Å². The largest absolute Gasteiger partial charge is 0.354 e. The van der Waals surface area contributed by atoms with Crippen molar-refractivity contribution in [2.24, 2.45) is 0 Å². The van der Waals surface area contributed by atoms with Crippen LogP contribution in [0, 0.1) is 12.7 Å². The zero-order chi connectivity index (χ0) is 21.9. The highest BCUT2D eigenvalue weighted by Crippen LogP contribution is 2.28. The van der Waals surface area contributed by atoms with Crippen LogP contribution in [-0.4, -0.2) is 19.5 Å². The highest BCUT2D eigenvalue weighted by molar-refractivity contribution is 7.94. The number of aromatic nitrogens is 1. The molecular formula is C19H17ClFN3O4S2. The van der Waals surface area contributed by atoms with E-state index in [0.717, 1.165) is 17.4 Å². The lowest BCUT2D eigenvalue weighted by Crippen LogP contribution is -2.11. The molecule has 0 bridgehead atoms. The standard InChI is InChI=1S/C19H17ClFN3O4S2/c1-3-17(25)22-19-11(2)23-28-16(19)8-5-13-6-9-18(29-13)30(26,27)24-12-4-7-15(21)14(20)10-12/h4-10,24H,3H2,1-2H3,(H,22,25)/b8-5+. The fourth-order valence-corrected chi connectivity index (χ4v) is 4.83. The number of benzene rings is 1. The van der Waals surface area contributed by atoms with E-state index >= 15 is 0 Å². The summed E-state index contributed by atoms with van der Waals surface area (Å²) in [5.74, 6) is -0.459. The molecule has 0 spiro atoms. The average molecular weight is 470 g/mol. The van der Waals surface area contributed by atoms with Gasteiger partial charge in [-0.3, -0.25) is 9.52 Å². The van der Waals surface area contributed by atoms with Gasteiger partial charge in [-0.1, -0.05) is 23.7 Å². The molecule has 1 aromatic carbocycles. The summed E-state index contributed by atoms with van der Waals surface area (Å²) in [6, 6.07) is 6.63. The van der Waals surface area contributed by atoms with E-state index in [1.165, 1.54) is 18.2 Å². The Morgan fingerprint density at radius 2 is 2.07 bits per heavy atom. The summed E-state index contributed by atoms with van der Waals surface area (Å²) in [6.45, 7) is 3.44. The molecule has 1 amide bonds. The van der Waals surface area contributed by atoms with Crippen LogP contribution in [0.5, 0.6) is 0 Å². The van der Waals surface area contributed by atoms with Crippen LogP contribution in [0.15, 0.2) is 39.1 Å². The maximum atomic E-state index is 13.3. The predicted octanol–water partition coefficient (Wildman–Crippen LogP) is 5.16. The van der Waals surface area contributed by atoms with E-state index in [1.807, 2.05) is 0 Å². The summed E-state index contributed by atoms with van der Waals surface area (Å²) in [5, 5.41) is 6.38. The monoisotopic (exact) mass is 469 g/mol. The Labute approximate surface area is 181 Å². The quantitative estimate of drug-likeness (QED) is 0.498. The van der Waals surface area contributed by atoms with Crippen LogP contribution in [0.3, 0.4) is 0 Å². The molecule has 3 aromatic rings. The van der Waals surface area contributed by atoms with Crippen LogP contribution in [0.25, 0.3) is 12.2 Å². The highest BCUT2D eigenvalue weighted by Gasteiger charge is 2.18. The van der Waals surface area contributed by atoms with Crippen molar-refractivity contribution < 1.29 is 22.1 Å². The van der Waals surface area contributed by atoms with Gasteiger partial charge in [-0.25, -0.2) is 12.8 Å². The van der Waals surface area contributed by atoms with Crippen molar-refractivity contribution in [2.45, 2.75) is 24.5 Å². The number of anilines is 2. The van der Waals surface area contributed by atoms with Gasteiger partial charge >= 0.3 is 0 Å². The summed E-state index contributed by atoms with van der Waals surface area (Å²) in [7, 11) is -3.87. The first-order valence-corrected chi connectivity index (χ1v) is 11.4. The van der Waals surface area contributed by atoms with Crippen molar-refractivity contribution in [3.05, 3.63) is 57.5 Å². The van der Waals surface area contributed by atoms with Gasteiger partial charge in [-0.05, 0) is 49.4 Å². The topological polar surface area (TPSA) is 101 Å². The Kier molecular flexibility index (Phi) is 6.59. The Bertz CT molecular complexity index is 1220. The number of amides is 1. The molecule has 2 heterocycles. The summed E-state index contributed by atoms with van der Waals surface area (Å²) in [5.41, 5.74) is 1.16. The van der Waals surface area contributed by atoms with Crippen molar-refractivity contribution in [2.75, 3.05) is 10.0 Å². The molecule has 158 valence electrons. The normalized spacial score (nSPS) is 11.7. The third-order valence-corrected chi connectivity index (χ3v) is 7.13. The number of hydrogen-bond acceptors (Lipinski definition) is 6. The van der Waals surface area contributed by atoms with Crippen LogP contribution in [0.2, 0.25) is 5.02 Å². The van der Waals surface area contributed by atoms with Gasteiger partial charge in [0.05, 0.1) is 10.7 Å². The van der Waals surface area contributed by atoms with Crippen molar-refractivity contribution >= 4 is 62.4 Å². The van der Waals surface area contributed by atoms with Crippen LogP contribution < -0.4 is 10.0 Å². The molecular weight excluding hydrogens is 453 g/mol. The van der Waals surface area contributed by atoms with E-state index in [0.29, 0.717) is 28.4 Å². The number of carbonyl (C=O) groups is 1. The second-order valence-corrected chi connectivity index (χ2v) is 9.57. The molecule has 7 nitrogen and oxygen atoms in total. The number of carbonyl (C=O) groups excluding carboxylic acids is 1. The van der Waals surface area contributed by atoms with E-state index in [2.05, 4.69) is 15.2 Å². The van der Waals surface area contributed by atoms with Crippen LogP contribution >= 0.6 is 22.9 Å². The van der Waals surface area contributed by atoms with Gasteiger partial charge in [0.2, 0.25) is 5.91 Å². The predicted molar refractivity (Wildman–Crippen MR) is 116 cm³/mol. The molecule has 3 rings (SSSR count). The molecule has 2 N–H and O–H groups in total. The number of halogens is 2. The molecule has 0 atom stereocenters. The van der Waals surface area contributed by atoms with E-state index in [1.54, 1.807) is 32.1 Å².